The van der Waals surface area contributed by atoms with Crippen LogP contribution in [0, 0.1) is 6.92 Å². The summed E-state index contributed by atoms with van der Waals surface area (Å²) in [5.41, 5.74) is 0.930. The number of ether oxygens (including phenoxy) is 1. The summed E-state index contributed by atoms with van der Waals surface area (Å²) in [6.45, 7) is 4.57. The first-order chi connectivity index (χ1) is 7.22. The van der Waals surface area contributed by atoms with Crippen LogP contribution in [0.4, 0.5) is 0 Å². The molecule has 1 aromatic carbocycles. The van der Waals surface area contributed by atoms with E-state index in [0.29, 0.717) is 11.8 Å². The van der Waals surface area contributed by atoms with Gasteiger partial charge < -0.3 is 4.74 Å². The third-order valence-corrected chi connectivity index (χ3v) is 2.49. The van der Waals surface area contributed by atoms with Gasteiger partial charge in [0, 0.05) is 16.5 Å². The lowest BCUT2D eigenvalue weighted by molar-refractivity contribution is 0.344. The lowest BCUT2D eigenvalue weighted by Crippen LogP contribution is -1.93. The molecule has 0 aliphatic carbocycles. The van der Waals surface area contributed by atoms with E-state index in [1.165, 1.54) is 0 Å². The first-order valence-electron chi connectivity index (χ1n) is 4.91. The fraction of sp³-hybridized carbons (Fsp3) is 0.250. The van der Waals surface area contributed by atoms with Crippen LogP contribution in [-0.4, -0.2) is 11.6 Å². The van der Waals surface area contributed by atoms with E-state index >= 15 is 0 Å². The molecule has 3 heteroatoms. The Morgan fingerprint density at radius 1 is 1.33 bits per heavy atom. The van der Waals surface area contributed by atoms with Crippen LogP contribution in [0.25, 0.3) is 10.8 Å². The molecule has 0 fully saturated rings. The molecular formula is C12H12ClNO. The molecule has 0 spiro atoms. The van der Waals surface area contributed by atoms with Crippen molar-refractivity contribution in [2.75, 3.05) is 6.61 Å². The Morgan fingerprint density at radius 2 is 2.13 bits per heavy atom. The lowest BCUT2D eigenvalue weighted by atomic mass is 10.1. The molecule has 0 amide bonds. The Morgan fingerprint density at radius 3 is 2.87 bits per heavy atom. The highest BCUT2D eigenvalue weighted by molar-refractivity contribution is 6.30. The molecule has 0 aliphatic heterocycles. The van der Waals surface area contributed by atoms with Crippen molar-refractivity contribution in [2.24, 2.45) is 0 Å². The molecule has 0 bridgehead atoms. The van der Waals surface area contributed by atoms with Crippen molar-refractivity contribution < 1.29 is 4.74 Å². The van der Waals surface area contributed by atoms with Crippen molar-refractivity contribution in [1.29, 1.82) is 0 Å². The number of aromatic nitrogens is 1. The van der Waals surface area contributed by atoms with Crippen LogP contribution in [0.15, 0.2) is 24.3 Å². The minimum atomic E-state index is 0.507. The fourth-order valence-electron chi connectivity index (χ4n) is 1.66. The molecule has 0 unspecified atom stereocenters. The molecule has 2 rings (SSSR count). The Balaban J connectivity index is 2.73. The third kappa shape index (κ3) is 1.90. The molecule has 0 N–H and O–H groups in total. The monoisotopic (exact) mass is 221 g/mol. The molecule has 78 valence electrons. The third-order valence-electron chi connectivity index (χ3n) is 2.29. The standard InChI is InChI=1S/C12H12ClNO/c1-3-15-11-6-4-5-9-8(2)14-12(13)7-10(9)11/h4-7H,3H2,1-2H3. The van der Waals surface area contributed by atoms with Crippen molar-refractivity contribution in [3.63, 3.8) is 0 Å². The van der Waals surface area contributed by atoms with Crippen LogP contribution in [0.1, 0.15) is 12.6 Å². The number of pyridine rings is 1. The van der Waals surface area contributed by atoms with E-state index in [1.54, 1.807) is 0 Å². The Labute approximate surface area is 93.8 Å². The highest BCUT2D eigenvalue weighted by atomic mass is 35.5. The van der Waals surface area contributed by atoms with E-state index in [4.69, 9.17) is 16.3 Å². The van der Waals surface area contributed by atoms with E-state index < -0.39 is 0 Å². The van der Waals surface area contributed by atoms with Gasteiger partial charge in [-0.05, 0) is 26.0 Å². The minimum absolute atomic E-state index is 0.507. The fourth-order valence-corrected chi connectivity index (χ4v) is 1.90. The molecule has 2 aromatic rings. The van der Waals surface area contributed by atoms with Gasteiger partial charge in [-0.15, -0.1) is 0 Å². The van der Waals surface area contributed by atoms with Gasteiger partial charge in [-0.1, -0.05) is 23.7 Å². The van der Waals surface area contributed by atoms with Gasteiger partial charge in [0.25, 0.3) is 0 Å². The number of halogens is 1. The first-order valence-corrected chi connectivity index (χ1v) is 5.29. The second-order valence-electron chi connectivity index (χ2n) is 3.31. The van der Waals surface area contributed by atoms with Crippen LogP contribution in [0.5, 0.6) is 5.75 Å². The number of fused-ring (bicyclic) bond motifs is 1. The summed E-state index contributed by atoms with van der Waals surface area (Å²) >= 11 is 5.93. The Bertz CT molecular complexity index is 496. The highest BCUT2D eigenvalue weighted by Crippen LogP contribution is 2.29. The molecule has 0 saturated carbocycles. The maximum absolute atomic E-state index is 5.93. The highest BCUT2D eigenvalue weighted by Gasteiger charge is 2.05. The number of hydrogen-bond donors (Lipinski definition) is 0. The average Bonchev–Trinajstić information content (AvgIpc) is 2.19. The van der Waals surface area contributed by atoms with Gasteiger partial charge in [0.2, 0.25) is 0 Å². The van der Waals surface area contributed by atoms with Crippen molar-refractivity contribution in [1.82, 2.24) is 4.98 Å². The summed E-state index contributed by atoms with van der Waals surface area (Å²) < 4.78 is 5.54. The van der Waals surface area contributed by atoms with Gasteiger partial charge in [0.05, 0.1) is 6.61 Å². The number of rotatable bonds is 2. The smallest absolute Gasteiger partial charge is 0.130 e. The van der Waals surface area contributed by atoms with Gasteiger partial charge in [0.1, 0.15) is 10.9 Å². The zero-order chi connectivity index (χ0) is 10.8. The zero-order valence-electron chi connectivity index (χ0n) is 8.75. The molecule has 2 nitrogen and oxygen atoms in total. The predicted molar refractivity (Wildman–Crippen MR) is 62.7 cm³/mol. The molecule has 1 heterocycles. The molecule has 1 aromatic heterocycles. The van der Waals surface area contributed by atoms with Crippen molar-refractivity contribution in [3.05, 3.63) is 35.1 Å². The molecule has 15 heavy (non-hydrogen) atoms. The summed E-state index contributed by atoms with van der Waals surface area (Å²) in [6, 6.07) is 7.78. The number of aryl methyl sites for hydroxylation is 1. The summed E-state index contributed by atoms with van der Waals surface area (Å²) in [6.07, 6.45) is 0. The van der Waals surface area contributed by atoms with E-state index in [0.717, 1.165) is 22.2 Å². The van der Waals surface area contributed by atoms with Gasteiger partial charge in [0.15, 0.2) is 0 Å². The summed E-state index contributed by atoms with van der Waals surface area (Å²) in [5, 5.41) is 2.62. The first kappa shape index (κ1) is 10.2. The van der Waals surface area contributed by atoms with E-state index in [-0.39, 0.29) is 0 Å². The normalized spacial score (nSPS) is 10.6. The van der Waals surface area contributed by atoms with E-state index in [2.05, 4.69) is 4.98 Å². The molecule has 0 aliphatic rings. The van der Waals surface area contributed by atoms with Crippen molar-refractivity contribution >= 4 is 22.4 Å². The number of benzene rings is 1. The number of nitrogens with zero attached hydrogens (tertiary/aromatic N) is 1. The topological polar surface area (TPSA) is 22.1 Å². The van der Waals surface area contributed by atoms with Crippen LogP contribution in [-0.2, 0) is 0 Å². The molecule has 0 radical (unpaired) electrons. The molecule has 0 saturated heterocycles. The molecular weight excluding hydrogens is 210 g/mol. The molecule has 0 atom stereocenters. The quantitative estimate of drug-likeness (QED) is 0.723. The van der Waals surface area contributed by atoms with E-state index in [9.17, 15) is 0 Å². The SMILES string of the molecule is CCOc1cccc2c(C)nc(Cl)cc12. The zero-order valence-corrected chi connectivity index (χ0v) is 9.51. The summed E-state index contributed by atoms with van der Waals surface area (Å²) in [5.74, 6) is 0.863. The summed E-state index contributed by atoms with van der Waals surface area (Å²) in [7, 11) is 0. The van der Waals surface area contributed by atoms with Crippen molar-refractivity contribution in [3.8, 4) is 5.75 Å². The largest absolute Gasteiger partial charge is 0.493 e. The average molecular weight is 222 g/mol. The minimum Gasteiger partial charge on any atom is -0.493 e. The van der Waals surface area contributed by atoms with Crippen LogP contribution < -0.4 is 4.74 Å². The lowest BCUT2D eigenvalue weighted by Gasteiger charge is -2.08. The van der Waals surface area contributed by atoms with Crippen LogP contribution in [0.3, 0.4) is 0 Å². The van der Waals surface area contributed by atoms with Crippen molar-refractivity contribution in [2.45, 2.75) is 13.8 Å². The van der Waals surface area contributed by atoms with Gasteiger partial charge in [-0.3, -0.25) is 0 Å². The maximum Gasteiger partial charge on any atom is 0.130 e. The van der Waals surface area contributed by atoms with Gasteiger partial charge in [-0.25, -0.2) is 4.98 Å². The van der Waals surface area contributed by atoms with Gasteiger partial charge in [-0.2, -0.15) is 0 Å². The Hall–Kier alpha value is -1.28. The second kappa shape index (κ2) is 4.07. The van der Waals surface area contributed by atoms with Crippen LogP contribution in [0.2, 0.25) is 5.15 Å². The summed E-state index contributed by atoms with van der Waals surface area (Å²) in [4.78, 5) is 4.21. The number of hydrogen-bond acceptors (Lipinski definition) is 2. The second-order valence-corrected chi connectivity index (χ2v) is 3.70. The van der Waals surface area contributed by atoms with Gasteiger partial charge >= 0.3 is 0 Å². The maximum atomic E-state index is 5.93. The van der Waals surface area contributed by atoms with Crippen LogP contribution >= 0.6 is 11.6 Å². The Kier molecular flexibility index (Phi) is 2.78. The predicted octanol–water partition coefficient (Wildman–Crippen LogP) is 3.60. The van der Waals surface area contributed by atoms with E-state index in [1.807, 2.05) is 38.1 Å².